The van der Waals surface area contributed by atoms with Gasteiger partial charge in [-0.15, -0.1) is 0 Å². The molecule has 0 atom stereocenters. The maximum Gasteiger partial charge on any atom is 0.128 e. The molecule has 3 aliphatic rings. The second kappa shape index (κ2) is 7.23. The molecule has 4 heteroatoms. The van der Waals surface area contributed by atoms with E-state index in [9.17, 15) is 0 Å². The molecule has 2 aromatic rings. The van der Waals surface area contributed by atoms with Gasteiger partial charge in [0, 0.05) is 43.3 Å². The molecule has 0 amide bonds. The molecule has 1 aliphatic carbocycles. The Labute approximate surface area is 162 Å². The summed E-state index contributed by atoms with van der Waals surface area (Å²) in [6, 6.07) is 9.38. The first-order chi connectivity index (χ1) is 13.3. The predicted octanol–water partition coefficient (Wildman–Crippen LogP) is 4.38. The summed E-state index contributed by atoms with van der Waals surface area (Å²) >= 11 is 0. The summed E-state index contributed by atoms with van der Waals surface area (Å²) in [5, 5.41) is 0. The fourth-order valence-corrected chi connectivity index (χ4v) is 5.11. The third-order valence-electron chi connectivity index (χ3n) is 7.36. The first-order valence-electron chi connectivity index (χ1n) is 10.7. The van der Waals surface area contributed by atoms with Crippen LogP contribution in [0.5, 0.6) is 0 Å². The number of likely N-dealkylation sites (tertiary alicyclic amines) is 1. The summed E-state index contributed by atoms with van der Waals surface area (Å²) in [5.74, 6) is 1.13. The Morgan fingerprint density at radius 2 is 1.52 bits per heavy atom. The van der Waals surface area contributed by atoms with Gasteiger partial charge >= 0.3 is 0 Å². The molecule has 3 fully saturated rings. The van der Waals surface area contributed by atoms with Gasteiger partial charge in [0.2, 0.25) is 0 Å². The van der Waals surface area contributed by atoms with E-state index >= 15 is 0 Å². The number of nitrogens with zero attached hydrogens (tertiary/aromatic N) is 4. The molecule has 142 valence electrons. The minimum Gasteiger partial charge on any atom is -0.357 e. The van der Waals surface area contributed by atoms with Gasteiger partial charge < -0.3 is 9.80 Å². The maximum absolute atomic E-state index is 4.76. The highest BCUT2D eigenvalue weighted by Gasteiger charge is 2.39. The Bertz CT molecular complexity index is 736. The predicted molar refractivity (Wildman–Crippen MR) is 110 cm³/mol. The highest BCUT2D eigenvalue weighted by molar-refractivity contribution is 5.63. The third kappa shape index (κ3) is 3.47. The highest BCUT2D eigenvalue weighted by atomic mass is 15.2. The lowest BCUT2D eigenvalue weighted by molar-refractivity contribution is 0.0305. The van der Waals surface area contributed by atoms with Crippen molar-refractivity contribution < 1.29 is 0 Å². The van der Waals surface area contributed by atoms with Crippen molar-refractivity contribution in [3.8, 4) is 11.1 Å². The lowest BCUT2D eigenvalue weighted by Gasteiger charge is -2.50. The number of hydrogen-bond acceptors (Lipinski definition) is 4. The van der Waals surface area contributed by atoms with Crippen LogP contribution in [0.4, 0.5) is 5.82 Å². The van der Waals surface area contributed by atoms with E-state index in [2.05, 4.69) is 26.9 Å². The standard InChI is InChI=1S/C23H30N4/c1-2-21(3-1)26-14-8-23(9-15-26)10-16-27(17-11-23)22-5-4-20(18-25-22)19-6-12-24-13-7-19/h4-7,12-13,18,21H,1-3,8-11,14-17H2. The van der Waals surface area contributed by atoms with Crippen LogP contribution in [0.25, 0.3) is 11.1 Å². The second-order valence-corrected chi connectivity index (χ2v) is 8.75. The first kappa shape index (κ1) is 17.2. The zero-order valence-electron chi connectivity index (χ0n) is 16.2. The van der Waals surface area contributed by atoms with E-state index < -0.39 is 0 Å². The van der Waals surface area contributed by atoms with Crippen LogP contribution in [-0.2, 0) is 0 Å². The van der Waals surface area contributed by atoms with E-state index in [4.69, 9.17) is 4.98 Å². The van der Waals surface area contributed by atoms with Gasteiger partial charge in [0.05, 0.1) is 0 Å². The molecule has 4 nitrogen and oxygen atoms in total. The van der Waals surface area contributed by atoms with E-state index in [1.165, 1.54) is 63.6 Å². The SMILES string of the molecule is c1cc(-c2ccc(N3CCC4(CC3)CCN(C3CCC3)CC4)nc2)ccn1. The molecular weight excluding hydrogens is 332 g/mol. The minimum atomic E-state index is 0.605. The normalized spacial score (nSPS) is 23.3. The van der Waals surface area contributed by atoms with E-state index in [1.807, 2.05) is 30.7 Å². The molecule has 2 saturated heterocycles. The van der Waals surface area contributed by atoms with E-state index in [0.29, 0.717) is 5.41 Å². The van der Waals surface area contributed by atoms with Crippen molar-refractivity contribution in [2.45, 2.75) is 51.0 Å². The quantitative estimate of drug-likeness (QED) is 0.811. The fourth-order valence-electron chi connectivity index (χ4n) is 5.11. The van der Waals surface area contributed by atoms with Crippen LogP contribution in [0.2, 0.25) is 0 Å². The first-order valence-corrected chi connectivity index (χ1v) is 10.7. The summed E-state index contributed by atoms with van der Waals surface area (Å²) in [6.07, 6.45) is 15.5. The lowest BCUT2D eigenvalue weighted by atomic mass is 9.70. The zero-order valence-corrected chi connectivity index (χ0v) is 16.2. The van der Waals surface area contributed by atoms with Crippen LogP contribution in [-0.4, -0.2) is 47.1 Å². The molecule has 2 aliphatic heterocycles. The topological polar surface area (TPSA) is 32.3 Å². The van der Waals surface area contributed by atoms with Crippen molar-refractivity contribution in [1.82, 2.24) is 14.9 Å². The van der Waals surface area contributed by atoms with Crippen molar-refractivity contribution in [3.05, 3.63) is 42.9 Å². The van der Waals surface area contributed by atoms with Crippen LogP contribution in [0.1, 0.15) is 44.9 Å². The summed E-state index contributed by atoms with van der Waals surface area (Å²) in [5.41, 5.74) is 2.95. The van der Waals surface area contributed by atoms with Gasteiger partial charge in [0.25, 0.3) is 0 Å². The highest BCUT2D eigenvalue weighted by Crippen LogP contribution is 2.43. The molecule has 0 bridgehead atoms. The molecule has 0 unspecified atom stereocenters. The average Bonchev–Trinajstić information content (AvgIpc) is 2.70. The minimum absolute atomic E-state index is 0.605. The summed E-state index contributed by atoms with van der Waals surface area (Å²) in [7, 11) is 0. The van der Waals surface area contributed by atoms with Gasteiger partial charge in [0.1, 0.15) is 5.82 Å². The van der Waals surface area contributed by atoms with Crippen molar-refractivity contribution in [1.29, 1.82) is 0 Å². The van der Waals surface area contributed by atoms with E-state index in [1.54, 1.807) is 0 Å². The van der Waals surface area contributed by atoms with Gasteiger partial charge in [-0.3, -0.25) is 4.98 Å². The molecule has 4 heterocycles. The van der Waals surface area contributed by atoms with Gasteiger partial charge in [-0.25, -0.2) is 4.98 Å². The van der Waals surface area contributed by atoms with Gasteiger partial charge in [-0.05, 0) is 86.9 Å². The van der Waals surface area contributed by atoms with Gasteiger partial charge in [0.15, 0.2) is 0 Å². The van der Waals surface area contributed by atoms with E-state index in [0.717, 1.165) is 30.5 Å². The molecule has 0 radical (unpaired) electrons. The largest absolute Gasteiger partial charge is 0.357 e. The van der Waals surface area contributed by atoms with Crippen molar-refractivity contribution in [2.75, 3.05) is 31.1 Å². The Morgan fingerprint density at radius 3 is 2.11 bits per heavy atom. The smallest absolute Gasteiger partial charge is 0.128 e. The van der Waals surface area contributed by atoms with Crippen molar-refractivity contribution in [3.63, 3.8) is 0 Å². The maximum atomic E-state index is 4.76. The molecule has 27 heavy (non-hydrogen) atoms. The number of rotatable bonds is 3. The van der Waals surface area contributed by atoms with Crippen LogP contribution in [0.3, 0.4) is 0 Å². The van der Waals surface area contributed by atoms with Gasteiger partial charge in [-0.2, -0.15) is 0 Å². The summed E-state index contributed by atoms with van der Waals surface area (Å²) in [4.78, 5) is 14.1. The second-order valence-electron chi connectivity index (χ2n) is 8.75. The molecule has 2 aromatic heterocycles. The fraction of sp³-hybridized carbons (Fsp3) is 0.565. The monoisotopic (exact) mass is 362 g/mol. The molecular formula is C23H30N4. The van der Waals surface area contributed by atoms with Crippen LogP contribution < -0.4 is 4.90 Å². The summed E-state index contributed by atoms with van der Waals surface area (Å²) in [6.45, 7) is 4.99. The number of aromatic nitrogens is 2. The number of anilines is 1. The Hall–Kier alpha value is -1.94. The van der Waals surface area contributed by atoms with Crippen molar-refractivity contribution in [2.24, 2.45) is 5.41 Å². The van der Waals surface area contributed by atoms with E-state index in [-0.39, 0.29) is 0 Å². The van der Waals surface area contributed by atoms with Crippen LogP contribution in [0, 0.1) is 5.41 Å². The Morgan fingerprint density at radius 1 is 0.815 bits per heavy atom. The number of hydrogen-bond donors (Lipinski definition) is 0. The molecule has 0 N–H and O–H groups in total. The van der Waals surface area contributed by atoms with Crippen LogP contribution >= 0.6 is 0 Å². The number of pyridine rings is 2. The molecule has 0 aromatic carbocycles. The Kier molecular flexibility index (Phi) is 4.60. The zero-order chi connectivity index (χ0) is 18.1. The van der Waals surface area contributed by atoms with Gasteiger partial charge in [-0.1, -0.05) is 6.42 Å². The lowest BCUT2D eigenvalue weighted by Crippen LogP contribution is -2.51. The third-order valence-corrected chi connectivity index (χ3v) is 7.36. The molecule has 5 rings (SSSR count). The average molecular weight is 363 g/mol. The van der Waals surface area contributed by atoms with Crippen molar-refractivity contribution >= 4 is 5.82 Å². The number of piperidine rings is 2. The summed E-state index contributed by atoms with van der Waals surface area (Å²) < 4.78 is 0. The Balaban J connectivity index is 1.18. The molecule has 1 saturated carbocycles. The molecule has 1 spiro atoms. The van der Waals surface area contributed by atoms with Crippen LogP contribution in [0.15, 0.2) is 42.9 Å².